The van der Waals surface area contributed by atoms with E-state index in [2.05, 4.69) is 57.2 Å². The maximum absolute atomic E-state index is 2.37. The first-order chi connectivity index (χ1) is 7.72. The van der Waals surface area contributed by atoms with Crippen molar-refractivity contribution >= 4 is 6.08 Å². The summed E-state index contributed by atoms with van der Waals surface area (Å²) in [4.78, 5) is 0. The minimum absolute atomic E-state index is 0.756. The fourth-order valence-electron chi connectivity index (χ4n) is 1.95. The van der Waals surface area contributed by atoms with Gasteiger partial charge in [0.15, 0.2) is 0 Å². The van der Waals surface area contributed by atoms with E-state index in [1.165, 1.54) is 31.2 Å². The summed E-state index contributed by atoms with van der Waals surface area (Å²) in [6.07, 6.45) is 7.45. The Morgan fingerprint density at radius 2 is 1.88 bits per heavy atom. The van der Waals surface area contributed by atoms with Crippen LogP contribution in [0, 0.1) is 5.92 Å². The standard InChI is InChI=1S/C16H24/c1-4-5-9-16(12-14(2)3)13-15-10-7-6-8-11-15/h6-8,10-11,13-14H,4-5,9,12H2,1-3H3/b16-13+. The molecule has 0 radical (unpaired) electrons. The lowest BCUT2D eigenvalue weighted by atomic mass is 9.96. The molecule has 0 amide bonds. The highest BCUT2D eigenvalue weighted by atomic mass is 14.1. The van der Waals surface area contributed by atoms with Crippen LogP contribution >= 0.6 is 0 Å². The summed E-state index contributed by atoms with van der Waals surface area (Å²) in [6, 6.07) is 10.7. The van der Waals surface area contributed by atoms with E-state index in [-0.39, 0.29) is 0 Å². The van der Waals surface area contributed by atoms with Crippen LogP contribution in [-0.2, 0) is 0 Å². The van der Waals surface area contributed by atoms with Gasteiger partial charge >= 0.3 is 0 Å². The predicted octanol–water partition coefficient (Wildman–Crippen LogP) is 5.31. The lowest BCUT2D eigenvalue weighted by Crippen LogP contribution is -1.92. The molecule has 0 heterocycles. The van der Waals surface area contributed by atoms with Crippen molar-refractivity contribution in [3.05, 3.63) is 41.5 Å². The highest BCUT2D eigenvalue weighted by Gasteiger charge is 2.01. The van der Waals surface area contributed by atoms with E-state index in [0.29, 0.717) is 0 Å². The van der Waals surface area contributed by atoms with Gasteiger partial charge < -0.3 is 0 Å². The highest BCUT2D eigenvalue weighted by molar-refractivity contribution is 5.52. The highest BCUT2D eigenvalue weighted by Crippen LogP contribution is 2.20. The molecular weight excluding hydrogens is 192 g/mol. The number of unbranched alkanes of at least 4 members (excludes halogenated alkanes) is 1. The molecule has 1 aromatic rings. The van der Waals surface area contributed by atoms with Crippen molar-refractivity contribution in [2.75, 3.05) is 0 Å². The fraction of sp³-hybridized carbons (Fsp3) is 0.500. The summed E-state index contributed by atoms with van der Waals surface area (Å²) >= 11 is 0. The largest absolute Gasteiger partial charge is 0.0694 e. The van der Waals surface area contributed by atoms with Crippen LogP contribution in [-0.4, -0.2) is 0 Å². The average Bonchev–Trinajstić information content (AvgIpc) is 2.26. The molecule has 0 fully saturated rings. The van der Waals surface area contributed by atoms with Crippen LogP contribution in [0.15, 0.2) is 35.9 Å². The zero-order valence-electron chi connectivity index (χ0n) is 10.9. The van der Waals surface area contributed by atoms with Crippen LogP contribution in [0.4, 0.5) is 0 Å². The summed E-state index contributed by atoms with van der Waals surface area (Å²) in [5.41, 5.74) is 2.94. The SMILES string of the molecule is CCCC/C(=C\c1ccccc1)CC(C)C. The second-order valence-electron chi connectivity index (χ2n) is 4.91. The van der Waals surface area contributed by atoms with Gasteiger partial charge in [0.1, 0.15) is 0 Å². The number of allylic oxidation sites excluding steroid dienone is 1. The molecule has 0 aliphatic heterocycles. The molecule has 16 heavy (non-hydrogen) atoms. The van der Waals surface area contributed by atoms with Crippen molar-refractivity contribution in [1.82, 2.24) is 0 Å². The predicted molar refractivity (Wildman–Crippen MR) is 73.4 cm³/mol. The second kappa shape index (κ2) is 7.27. The lowest BCUT2D eigenvalue weighted by Gasteiger charge is -2.10. The van der Waals surface area contributed by atoms with E-state index in [4.69, 9.17) is 0 Å². The molecule has 0 aliphatic carbocycles. The van der Waals surface area contributed by atoms with Crippen LogP contribution in [0.3, 0.4) is 0 Å². The topological polar surface area (TPSA) is 0 Å². The van der Waals surface area contributed by atoms with Crippen molar-refractivity contribution in [2.45, 2.75) is 46.5 Å². The molecule has 0 nitrogen and oxygen atoms in total. The van der Waals surface area contributed by atoms with Crippen molar-refractivity contribution in [3.63, 3.8) is 0 Å². The first-order valence-corrected chi connectivity index (χ1v) is 6.47. The molecule has 0 heteroatoms. The van der Waals surface area contributed by atoms with Crippen molar-refractivity contribution in [3.8, 4) is 0 Å². The minimum Gasteiger partial charge on any atom is -0.0694 e. The quantitative estimate of drug-likeness (QED) is 0.604. The van der Waals surface area contributed by atoms with Gasteiger partial charge in [0.2, 0.25) is 0 Å². The van der Waals surface area contributed by atoms with Gasteiger partial charge in [-0.2, -0.15) is 0 Å². The van der Waals surface area contributed by atoms with Crippen molar-refractivity contribution < 1.29 is 0 Å². The van der Waals surface area contributed by atoms with E-state index in [1.54, 1.807) is 5.57 Å². The molecule has 0 aliphatic rings. The molecule has 1 rings (SSSR count). The van der Waals surface area contributed by atoms with Crippen LogP contribution in [0.2, 0.25) is 0 Å². The van der Waals surface area contributed by atoms with Crippen LogP contribution in [0.5, 0.6) is 0 Å². The van der Waals surface area contributed by atoms with Crippen molar-refractivity contribution in [2.24, 2.45) is 5.92 Å². The molecule has 88 valence electrons. The van der Waals surface area contributed by atoms with E-state index in [0.717, 1.165) is 5.92 Å². The molecule has 0 atom stereocenters. The lowest BCUT2D eigenvalue weighted by molar-refractivity contribution is 0.617. The molecule has 1 aromatic carbocycles. The zero-order valence-corrected chi connectivity index (χ0v) is 10.9. The summed E-state index contributed by atoms with van der Waals surface area (Å²) in [7, 11) is 0. The molecule has 0 bridgehead atoms. The Morgan fingerprint density at radius 1 is 1.19 bits per heavy atom. The minimum atomic E-state index is 0.756. The summed E-state index contributed by atoms with van der Waals surface area (Å²) in [5, 5.41) is 0. The summed E-state index contributed by atoms with van der Waals surface area (Å²) in [6.45, 7) is 6.85. The van der Waals surface area contributed by atoms with E-state index in [9.17, 15) is 0 Å². The van der Waals surface area contributed by atoms with Gasteiger partial charge in [-0.15, -0.1) is 0 Å². The van der Waals surface area contributed by atoms with Crippen LogP contribution < -0.4 is 0 Å². The molecule has 0 N–H and O–H groups in total. The van der Waals surface area contributed by atoms with Gasteiger partial charge in [0, 0.05) is 0 Å². The normalized spacial score (nSPS) is 12.1. The second-order valence-corrected chi connectivity index (χ2v) is 4.91. The Hall–Kier alpha value is -1.04. The van der Waals surface area contributed by atoms with E-state index < -0.39 is 0 Å². The van der Waals surface area contributed by atoms with E-state index in [1.807, 2.05) is 0 Å². The number of hydrogen-bond donors (Lipinski definition) is 0. The smallest absolute Gasteiger partial charge is 0.0257 e. The van der Waals surface area contributed by atoms with Gasteiger partial charge in [0.25, 0.3) is 0 Å². The third kappa shape index (κ3) is 5.16. The van der Waals surface area contributed by atoms with Crippen molar-refractivity contribution in [1.29, 1.82) is 0 Å². The van der Waals surface area contributed by atoms with Gasteiger partial charge in [-0.25, -0.2) is 0 Å². The average molecular weight is 216 g/mol. The zero-order chi connectivity index (χ0) is 11.8. The third-order valence-corrected chi connectivity index (χ3v) is 2.69. The Morgan fingerprint density at radius 3 is 2.44 bits per heavy atom. The summed E-state index contributed by atoms with van der Waals surface area (Å²) < 4.78 is 0. The van der Waals surface area contributed by atoms with Gasteiger partial charge in [0.05, 0.1) is 0 Å². The van der Waals surface area contributed by atoms with Gasteiger partial charge in [-0.3, -0.25) is 0 Å². The van der Waals surface area contributed by atoms with Gasteiger partial charge in [-0.05, 0) is 30.7 Å². The van der Waals surface area contributed by atoms with Gasteiger partial charge in [-0.1, -0.05) is 69.2 Å². The monoisotopic (exact) mass is 216 g/mol. The maximum Gasteiger partial charge on any atom is -0.0257 e. The maximum atomic E-state index is 2.37. The van der Waals surface area contributed by atoms with E-state index >= 15 is 0 Å². The molecule has 0 spiro atoms. The molecule has 0 unspecified atom stereocenters. The first-order valence-electron chi connectivity index (χ1n) is 6.47. The number of hydrogen-bond acceptors (Lipinski definition) is 0. The fourth-order valence-corrected chi connectivity index (χ4v) is 1.95. The first kappa shape index (κ1) is 13.0. The summed E-state index contributed by atoms with van der Waals surface area (Å²) in [5.74, 6) is 0.756. The molecular formula is C16H24. The Balaban J connectivity index is 2.70. The number of rotatable bonds is 6. The molecule has 0 saturated carbocycles. The number of benzene rings is 1. The molecule has 0 aromatic heterocycles. The Bertz CT molecular complexity index is 306. The Labute approximate surface area is 100 Å². The molecule has 0 saturated heterocycles. The van der Waals surface area contributed by atoms with Crippen LogP contribution in [0.1, 0.15) is 52.0 Å². The van der Waals surface area contributed by atoms with Crippen LogP contribution in [0.25, 0.3) is 6.08 Å². The third-order valence-electron chi connectivity index (χ3n) is 2.69. The Kier molecular flexibility index (Phi) is 5.92.